The van der Waals surface area contributed by atoms with Crippen molar-refractivity contribution in [2.24, 2.45) is 0 Å². The Hall–Kier alpha value is -4.86. The Balaban J connectivity index is 1.41. The van der Waals surface area contributed by atoms with Crippen molar-refractivity contribution < 1.29 is 19.1 Å². The highest BCUT2D eigenvalue weighted by Crippen LogP contribution is 2.32. The summed E-state index contributed by atoms with van der Waals surface area (Å²) in [6, 6.07) is 17.5. The van der Waals surface area contributed by atoms with Gasteiger partial charge in [-0.25, -0.2) is 4.39 Å². The molecule has 9 heteroatoms. The van der Waals surface area contributed by atoms with Gasteiger partial charge >= 0.3 is 0 Å². The molecule has 0 saturated carbocycles. The lowest BCUT2D eigenvalue weighted by Gasteiger charge is -2.15. The number of aromatic nitrogens is 3. The van der Waals surface area contributed by atoms with E-state index in [0.717, 1.165) is 33.3 Å². The fourth-order valence-electron chi connectivity index (χ4n) is 4.68. The average Bonchev–Trinajstić information content (AvgIpc) is 2.99. The molecule has 3 aromatic heterocycles. The third-order valence-electron chi connectivity index (χ3n) is 6.85. The van der Waals surface area contributed by atoms with Gasteiger partial charge in [0.15, 0.2) is 12.1 Å². The quantitative estimate of drug-likeness (QED) is 0.168. The minimum atomic E-state index is -0.578. The van der Waals surface area contributed by atoms with E-state index in [1.807, 2.05) is 37.4 Å². The van der Waals surface area contributed by atoms with Gasteiger partial charge in [0.2, 0.25) is 0 Å². The van der Waals surface area contributed by atoms with Gasteiger partial charge < -0.3 is 15.7 Å². The lowest BCUT2D eigenvalue weighted by atomic mass is 9.93. The Morgan fingerprint density at radius 3 is 2.61 bits per heavy atom. The molecule has 41 heavy (non-hydrogen) atoms. The van der Waals surface area contributed by atoms with Crippen LogP contribution in [0.3, 0.4) is 0 Å². The number of carbonyl (C=O) groups excluding carboxylic acids is 2. The molecule has 0 radical (unpaired) electrons. The molecule has 5 aromatic rings. The Kier molecular flexibility index (Phi) is 8.47. The summed E-state index contributed by atoms with van der Waals surface area (Å²) in [7, 11) is 0. The Morgan fingerprint density at radius 1 is 1.00 bits per heavy atom. The fourth-order valence-corrected chi connectivity index (χ4v) is 4.68. The van der Waals surface area contributed by atoms with Gasteiger partial charge in [-0.1, -0.05) is 30.3 Å². The van der Waals surface area contributed by atoms with Crippen molar-refractivity contribution in [3.8, 4) is 11.1 Å². The van der Waals surface area contributed by atoms with E-state index in [-0.39, 0.29) is 18.0 Å². The molecule has 8 nitrogen and oxygen atoms in total. The van der Waals surface area contributed by atoms with E-state index in [9.17, 15) is 9.59 Å². The number of benzene rings is 2. The predicted octanol–water partition coefficient (Wildman–Crippen LogP) is 4.88. The zero-order chi connectivity index (χ0) is 28.8. The highest BCUT2D eigenvalue weighted by atomic mass is 19.1. The highest BCUT2D eigenvalue weighted by molar-refractivity contribution is 6.03. The van der Waals surface area contributed by atoms with E-state index in [0.29, 0.717) is 42.5 Å². The molecular weight excluding hydrogens is 521 g/mol. The molecule has 3 N–H and O–H groups in total. The van der Waals surface area contributed by atoms with Crippen LogP contribution in [0.2, 0.25) is 0 Å². The summed E-state index contributed by atoms with van der Waals surface area (Å²) in [5, 5.41) is 15.7. The number of aldehydes is 1. The number of anilines is 1. The molecule has 0 aliphatic carbocycles. The van der Waals surface area contributed by atoms with E-state index in [1.54, 1.807) is 18.3 Å². The molecule has 3 heterocycles. The second kappa shape index (κ2) is 12.5. The molecule has 5 rings (SSSR count). The molecule has 0 bridgehead atoms. The summed E-state index contributed by atoms with van der Waals surface area (Å²) in [6.07, 6.45) is 6.00. The summed E-state index contributed by atoms with van der Waals surface area (Å²) >= 11 is 0. The molecule has 0 aliphatic heterocycles. The van der Waals surface area contributed by atoms with Crippen LogP contribution in [0.15, 0.2) is 79.3 Å². The number of hydrogen-bond donors (Lipinski definition) is 3. The topological polar surface area (TPSA) is 117 Å². The van der Waals surface area contributed by atoms with Gasteiger partial charge in [0.1, 0.15) is 5.69 Å². The molecule has 0 unspecified atom stereocenters. The number of nitrogens with zero attached hydrogens (tertiary/aromatic N) is 3. The average molecular weight is 550 g/mol. The van der Waals surface area contributed by atoms with Gasteiger partial charge in [0, 0.05) is 54.6 Å². The number of nitrogens with one attached hydrogen (secondary N) is 2. The molecule has 0 atom stereocenters. The molecule has 0 fully saturated rings. The minimum absolute atomic E-state index is 0.0303. The van der Waals surface area contributed by atoms with Crippen molar-refractivity contribution in [1.29, 1.82) is 0 Å². The summed E-state index contributed by atoms with van der Waals surface area (Å²) in [4.78, 5) is 36.8. The standard InChI is InChI=1S/C32H28FN5O3/c1-20-23(15-29-31-24(10-11-35-29)14-22(18-37-31)16-34-12-13-39)4-2-5-25(20)26-6-3-7-27(30(26)33)38-32(41)28-9-8-21(19-40)17-36-28/h2-11,14,17-19,34,39H,12-13,15-16H2,1H3,(H,38,41). The molecule has 2 aromatic carbocycles. The van der Waals surface area contributed by atoms with Gasteiger partial charge in [-0.15, -0.1) is 0 Å². The maximum atomic E-state index is 15.7. The second-order valence-electron chi connectivity index (χ2n) is 9.56. The number of rotatable bonds is 10. The van der Waals surface area contributed by atoms with Crippen LogP contribution in [-0.4, -0.2) is 45.4 Å². The van der Waals surface area contributed by atoms with Crippen LogP contribution in [0.4, 0.5) is 10.1 Å². The third-order valence-corrected chi connectivity index (χ3v) is 6.85. The second-order valence-corrected chi connectivity index (χ2v) is 9.56. The van der Waals surface area contributed by atoms with Crippen LogP contribution in [0, 0.1) is 12.7 Å². The Labute approximate surface area is 236 Å². The number of pyridine rings is 3. The number of fused-ring (bicyclic) bond motifs is 1. The predicted molar refractivity (Wildman–Crippen MR) is 155 cm³/mol. The number of aliphatic hydroxyl groups excluding tert-OH is 1. The normalized spacial score (nSPS) is 11.0. The van der Waals surface area contributed by atoms with Crippen LogP contribution >= 0.6 is 0 Å². The monoisotopic (exact) mass is 549 g/mol. The maximum Gasteiger partial charge on any atom is 0.274 e. The number of carbonyl (C=O) groups is 2. The maximum absolute atomic E-state index is 15.7. The van der Waals surface area contributed by atoms with E-state index < -0.39 is 11.7 Å². The zero-order valence-corrected chi connectivity index (χ0v) is 22.4. The van der Waals surface area contributed by atoms with E-state index in [2.05, 4.69) is 31.7 Å². The number of halogens is 1. The molecule has 206 valence electrons. The first-order valence-electron chi connectivity index (χ1n) is 13.1. The number of aliphatic hydroxyl groups is 1. The van der Waals surface area contributed by atoms with Crippen LogP contribution in [0.5, 0.6) is 0 Å². The molecular formula is C32H28FN5O3. The van der Waals surface area contributed by atoms with Crippen LogP contribution in [-0.2, 0) is 13.0 Å². The summed E-state index contributed by atoms with van der Waals surface area (Å²) < 4.78 is 15.7. The number of amides is 1. The Morgan fingerprint density at radius 2 is 1.83 bits per heavy atom. The zero-order valence-electron chi connectivity index (χ0n) is 22.4. The van der Waals surface area contributed by atoms with E-state index in [1.165, 1.54) is 24.4 Å². The summed E-state index contributed by atoms with van der Waals surface area (Å²) in [5.41, 5.74) is 6.00. The SMILES string of the molecule is Cc1c(Cc2nccc3cc(CNCCO)cnc23)cccc1-c1cccc(NC(=O)c2ccc(C=O)cn2)c1F. The van der Waals surface area contributed by atoms with Crippen molar-refractivity contribution >= 4 is 28.8 Å². The lowest BCUT2D eigenvalue weighted by Crippen LogP contribution is -2.17. The van der Waals surface area contributed by atoms with Crippen molar-refractivity contribution in [2.75, 3.05) is 18.5 Å². The van der Waals surface area contributed by atoms with E-state index in [4.69, 9.17) is 5.11 Å². The van der Waals surface area contributed by atoms with Crippen LogP contribution in [0.25, 0.3) is 22.0 Å². The fraction of sp³-hybridized carbons (Fsp3) is 0.156. The highest BCUT2D eigenvalue weighted by Gasteiger charge is 2.17. The van der Waals surface area contributed by atoms with Crippen molar-refractivity contribution in [3.05, 3.63) is 119 Å². The first-order chi connectivity index (χ1) is 20.0. The first-order valence-corrected chi connectivity index (χ1v) is 13.1. The largest absolute Gasteiger partial charge is 0.395 e. The van der Waals surface area contributed by atoms with Gasteiger partial charge in [-0.3, -0.25) is 24.5 Å². The molecule has 0 aliphatic rings. The van der Waals surface area contributed by atoms with Gasteiger partial charge in [0.05, 0.1) is 23.5 Å². The van der Waals surface area contributed by atoms with Gasteiger partial charge in [0.25, 0.3) is 5.91 Å². The summed E-state index contributed by atoms with van der Waals surface area (Å²) in [5.74, 6) is -1.14. The van der Waals surface area contributed by atoms with Crippen LogP contribution < -0.4 is 10.6 Å². The summed E-state index contributed by atoms with van der Waals surface area (Å²) in [6.45, 7) is 3.14. The van der Waals surface area contributed by atoms with Crippen LogP contribution in [0.1, 0.15) is 43.2 Å². The van der Waals surface area contributed by atoms with Crippen molar-refractivity contribution in [2.45, 2.75) is 19.9 Å². The third kappa shape index (κ3) is 6.16. The Bertz CT molecular complexity index is 1720. The molecule has 0 saturated heterocycles. The first kappa shape index (κ1) is 27.7. The lowest BCUT2D eigenvalue weighted by molar-refractivity contribution is 0.102. The van der Waals surface area contributed by atoms with Crippen molar-refractivity contribution in [3.63, 3.8) is 0 Å². The van der Waals surface area contributed by atoms with E-state index >= 15 is 4.39 Å². The van der Waals surface area contributed by atoms with Gasteiger partial charge in [-0.2, -0.15) is 0 Å². The molecule has 1 amide bonds. The number of hydrogen-bond acceptors (Lipinski definition) is 7. The van der Waals surface area contributed by atoms with Gasteiger partial charge in [-0.05, 0) is 59.5 Å². The smallest absolute Gasteiger partial charge is 0.274 e. The minimum Gasteiger partial charge on any atom is -0.395 e. The van der Waals surface area contributed by atoms with Crippen molar-refractivity contribution in [1.82, 2.24) is 20.3 Å². The molecule has 0 spiro atoms.